The van der Waals surface area contributed by atoms with E-state index in [0.717, 1.165) is 5.56 Å². The van der Waals surface area contributed by atoms with E-state index >= 15 is 0 Å². The van der Waals surface area contributed by atoms with Crippen LogP contribution < -0.4 is 15.4 Å². The second-order valence-electron chi connectivity index (χ2n) is 12.0. The fourth-order valence-electron chi connectivity index (χ4n) is 4.68. The molecule has 10 heteroatoms. The Morgan fingerprint density at radius 3 is 2.29 bits per heavy atom. The summed E-state index contributed by atoms with van der Waals surface area (Å²) in [6, 6.07) is 13.1. The SMILES string of the molecule is C#Cc1ccc(CNC(=O)[C@@H]2C[C@@H](O)CN2C(=O)C(NC(=O)Oc2ccccc2)C(C)(C)CC(=O)OC(C)(C)C)cc1. The second-order valence-corrected chi connectivity index (χ2v) is 12.0. The zero-order valence-corrected chi connectivity index (χ0v) is 24.7. The van der Waals surface area contributed by atoms with Crippen LogP contribution >= 0.6 is 0 Å². The van der Waals surface area contributed by atoms with E-state index in [1.54, 1.807) is 89.2 Å². The van der Waals surface area contributed by atoms with Crippen molar-refractivity contribution in [1.82, 2.24) is 15.5 Å². The average molecular weight is 578 g/mol. The predicted octanol–water partition coefficient (Wildman–Crippen LogP) is 3.16. The molecule has 3 amide bonds. The van der Waals surface area contributed by atoms with Crippen molar-refractivity contribution in [3.8, 4) is 18.1 Å². The second kappa shape index (κ2) is 13.5. The molecule has 0 radical (unpaired) electrons. The highest BCUT2D eigenvalue weighted by molar-refractivity contribution is 5.93. The average Bonchev–Trinajstić information content (AvgIpc) is 3.31. The normalized spacial score (nSPS) is 17.5. The molecule has 1 aliphatic rings. The quantitative estimate of drug-likeness (QED) is 0.308. The van der Waals surface area contributed by atoms with Gasteiger partial charge in [-0.1, -0.05) is 50.1 Å². The molecule has 0 aliphatic carbocycles. The van der Waals surface area contributed by atoms with Crippen molar-refractivity contribution in [1.29, 1.82) is 0 Å². The van der Waals surface area contributed by atoms with E-state index in [2.05, 4.69) is 16.6 Å². The van der Waals surface area contributed by atoms with Crippen LogP contribution in [0.15, 0.2) is 54.6 Å². The number of carbonyl (C=O) groups is 4. The van der Waals surface area contributed by atoms with Gasteiger partial charge >= 0.3 is 12.1 Å². The molecule has 1 saturated heterocycles. The van der Waals surface area contributed by atoms with E-state index in [0.29, 0.717) is 5.56 Å². The maximum absolute atomic E-state index is 14.0. The lowest BCUT2D eigenvalue weighted by Crippen LogP contribution is -2.59. The molecule has 1 heterocycles. The first kappa shape index (κ1) is 32.2. The third-order valence-corrected chi connectivity index (χ3v) is 6.72. The number of para-hydroxylation sites is 1. The summed E-state index contributed by atoms with van der Waals surface area (Å²) in [5, 5.41) is 15.9. The largest absolute Gasteiger partial charge is 0.460 e. The number of hydrogen-bond donors (Lipinski definition) is 3. The smallest absolute Gasteiger partial charge is 0.413 e. The van der Waals surface area contributed by atoms with Gasteiger partial charge in [0.2, 0.25) is 11.8 Å². The molecule has 2 aromatic carbocycles. The maximum Gasteiger partial charge on any atom is 0.413 e. The molecule has 0 saturated carbocycles. The summed E-state index contributed by atoms with van der Waals surface area (Å²) in [6.45, 7) is 8.54. The van der Waals surface area contributed by atoms with Gasteiger partial charge in [-0.2, -0.15) is 0 Å². The van der Waals surface area contributed by atoms with E-state index in [1.807, 2.05) is 0 Å². The van der Waals surface area contributed by atoms with Gasteiger partial charge in [-0.25, -0.2) is 4.79 Å². The van der Waals surface area contributed by atoms with Gasteiger partial charge in [0.1, 0.15) is 23.4 Å². The van der Waals surface area contributed by atoms with Gasteiger partial charge in [0, 0.05) is 30.5 Å². The molecule has 0 bridgehead atoms. The minimum absolute atomic E-state index is 0.0152. The highest BCUT2D eigenvalue weighted by Gasteiger charge is 2.47. The minimum Gasteiger partial charge on any atom is -0.460 e. The zero-order chi connectivity index (χ0) is 31.1. The Hall–Kier alpha value is -4.36. The fourth-order valence-corrected chi connectivity index (χ4v) is 4.68. The number of nitrogens with zero attached hydrogens (tertiary/aromatic N) is 1. The van der Waals surface area contributed by atoms with Crippen LogP contribution in [0.3, 0.4) is 0 Å². The number of nitrogens with one attached hydrogen (secondary N) is 2. The van der Waals surface area contributed by atoms with Gasteiger partial charge in [0.25, 0.3) is 0 Å². The first-order valence-electron chi connectivity index (χ1n) is 13.8. The Morgan fingerprint density at radius 2 is 1.69 bits per heavy atom. The van der Waals surface area contributed by atoms with Crippen molar-refractivity contribution in [3.05, 3.63) is 65.7 Å². The van der Waals surface area contributed by atoms with E-state index < -0.39 is 53.1 Å². The fraction of sp³-hybridized carbons (Fsp3) is 0.438. The summed E-state index contributed by atoms with van der Waals surface area (Å²) < 4.78 is 10.8. The lowest BCUT2D eigenvalue weighted by atomic mass is 9.80. The zero-order valence-electron chi connectivity index (χ0n) is 24.7. The monoisotopic (exact) mass is 577 g/mol. The summed E-state index contributed by atoms with van der Waals surface area (Å²) in [4.78, 5) is 54.2. The Bertz CT molecular complexity index is 1310. The van der Waals surface area contributed by atoms with Crippen LogP contribution in [0.25, 0.3) is 0 Å². The summed E-state index contributed by atoms with van der Waals surface area (Å²) in [5.74, 6) is 1.13. The highest BCUT2D eigenvalue weighted by Crippen LogP contribution is 2.31. The van der Waals surface area contributed by atoms with Crippen LogP contribution in [0.2, 0.25) is 0 Å². The molecule has 0 spiro atoms. The maximum atomic E-state index is 14.0. The minimum atomic E-state index is -1.29. The van der Waals surface area contributed by atoms with Crippen LogP contribution in [0.1, 0.15) is 58.6 Å². The number of hydrogen-bond acceptors (Lipinski definition) is 7. The van der Waals surface area contributed by atoms with Gasteiger partial charge in [-0.05, 0) is 50.6 Å². The summed E-state index contributed by atoms with van der Waals surface area (Å²) in [6.07, 6.45) is 3.34. The van der Waals surface area contributed by atoms with Gasteiger partial charge < -0.3 is 30.1 Å². The molecule has 3 atom stereocenters. The number of aliphatic hydroxyl groups excluding tert-OH is 1. The van der Waals surface area contributed by atoms with Crippen LogP contribution in [-0.2, 0) is 25.7 Å². The van der Waals surface area contributed by atoms with E-state index in [1.165, 1.54) is 4.90 Å². The molecular formula is C32H39N3O7. The van der Waals surface area contributed by atoms with Gasteiger partial charge in [0.15, 0.2) is 0 Å². The molecule has 1 aliphatic heterocycles. The van der Waals surface area contributed by atoms with Gasteiger partial charge in [-0.3, -0.25) is 14.4 Å². The Kier molecular flexibility index (Phi) is 10.4. The number of esters is 1. The summed E-state index contributed by atoms with van der Waals surface area (Å²) in [7, 11) is 0. The van der Waals surface area contributed by atoms with Crippen LogP contribution in [0.5, 0.6) is 5.75 Å². The molecule has 1 fully saturated rings. The number of aliphatic hydroxyl groups is 1. The number of amides is 3. The van der Waals surface area contributed by atoms with Crippen molar-refractivity contribution >= 4 is 23.9 Å². The number of terminal acetylenes is 1. The molecule has 1 unspecified atom stereocenters. The third kappa shape index (κ3) is 9.08. The highest BCUT2D eigenvalue weighted by atomic mass is 16.6. The molecule has 2 aromatic rings. The van der Waals surface area contributed by atoms with Gasteiger partial charge in [0.05, 0.1) is 12.5 Å². The van der Waals surface area contributed by atoms with E-state index in [-0.39, 0.29) is 31.7 Å². The van der Waals surface area contributed by atoms with Crippen molar-refractivity contribution in [3.63, 3.8) is 0 Å². The summed E-state index contributed by atoms with van der Waals surface area (Å²) in [5.41, 5.74) is -0.405. The molecule has 42 heavy (non-hydrogen) atoms. The number of carbonyl (C=O) groups excluding carboxylic acids is 4. The topological polar surface area (TPSA) is 134 Å². The molecule has 3 rings (SSSR count). The van der Waals surface area contributed by atoms with Crippen LogP contribution in [0, 0.1) is 17.8 Å². The third-order valence-electron chi connectivity index (χ3n) is 6.72. The summed E-state index contributed by atoms with van der Waals surface area (Å²) >= 11 is 0. The molecule has 224 valence electrons. The molecular weight excluding hydrogens is 538 g/mol. The lowest BCUT2D eigenvalue weighted by Gasteiger charge is -2.37. The Labute approximate surface area is 246 Å². The van der Waals surface area contributed by atoms with Gasteiger partial charge in [-0.15, -0.1) is 6.42 Å². The molecule has 3 N–H and O–H groups in total. The number of ether oxygens (including phenoxy) is 2. The Morgan fingerprint density at radius 1 is 1.05 bits per heavy atom. The predicted molar refractivity (Wildman–Crippen MR) is 156 cm³/mol. The van der Waals surface area contributed by atoms with Crippen molar-refractivity contribution in [2.45, 2.75) is 77.8 Å². The van der Waals surface area contributed by atoms with Crippen molar-refractivity contribution < 1.29 is 33.8 Å². The number of likely N-dealkylation sites (tertiary alicyclic amines) is 1. The Balaban J connectivity index is 1.81. The number of β-amino-alcohol motifs (C(OH)–C–C–N with tert-alkyl or cyclic N) is 1. The lowest BCUT2D eigenvalue weighted by molar-refractivity contribution is -0.158. The van der Waals surface area contributed by atoms with Crippen LogP contribution in [0.4, 0.5) is 4.79 Å². The van der Waals surface area contributed by atoms with Crippen molar-refractivity contribution in [2.75, 3.05) is 6.54 Å². The van der Waals surface area contributed by atoms with Crippen molar-refractivity contribution in [2.24, 2.45) is 5.41 Å². The van der Waals surface area contributed by atoms with Crippen LogP contribution in [-0.4, -0.2) is 64.2 Å². The number of benzene rings is 2. The first-order valence-corrected chi connectivity index (χ1v) is 13.8. The van der Waals surface area contributed by atoms with E-state index in [4.69, 9.17) is 15.9 Å². The molecule has 0 aromatic heterocycles. The molecule has 10 nitrogen and oxygen atoms in total. The van der Waals surface area contributed by atoms with E-state index in [9.17, 15) is 24.3 Å². The first-order chi connectivity index (χ1) is 19.7. The standard InChI is InChI=1S/C32H39N3O7/c1-7-21-13-15-22(16-14-21)19-33-28(38)25-17-23(36)20-35(25)29(39)27(32(5,6)18-26(37)42-31(2,3)4)34-30(40)41-24-11-9-8-10-12-24/h1,8-16,23,25,27,36H,17-20H2,2-6H3,(H,33,38)(H,34,40)/t23-,25+,27?/m1/s1. The number of rotatable bonds is 9.